The smallest absolute Gasteiger partial charge is 0.311 e. The Hall–Kier alpha value is -3.60. The summed E-state index contributed by atoms with van der Waals surface area (Å²) in [7, 11) is 0. The van der Waals surface area contributed by atoms with Crippen molar-refractivity contribution in [3.63, 3.8) is 0 Å². The maximum Gasteiger partial charge on any atom is 0.311 e. The molecule has 0 bridgehead atoms. The number of phenols is 1. The number of amides is 1. The van der Waals surface area contributed by atoms with Gasteiger partial charge in [-0.25, -0.2) is 0 Å². The highest BCUT2D eigenvalue weighted by Gasteiger charge is 2.23. The molecule has 25 heavy (non-hydrogen) atoms. The fraction of sp³-hybridized carbons (Fsp3) is 0.176. The minimum atomic E-state index is -0.761. The van der Waals surface area contributed by atoms with Crippen LogP contribution in [0, 0.1) is 21.4 Å². The van der Waals surface area contributed by atoms with Crippen molar-refractivity contribution in [2.75, 3.05) is 10.6 Å². The highest BCUT2D eigenvalue weighted by Crippen LogP contribution is 2.31. The zero-order valence-electron chi connectivity index (χ0n) is 13.0. The third-order valence-electron chi connectivity index (χ3n) is 3.77. The second-order valence-corrected chi connectivity index (χ2v) is 5.71. The summed E-state index contributed by atoms with van der Waals surface area (Å²) in [5.41, 5.74) is 0.974. The van der Waals surface area contributed by atoms with Crippen molar-refractivity contribution in [3.05, 3.63) is 57.6 Å². The molecule has 0 saturated heterocycles. The summed E-state index contributed by atoms with van der Waals surface area (Å²) in [5, 5.41) is 35.3. The molecule has 0 aromatic heterocycles. The molecule has 0 atom stereocenters. The molecule has 2 aromatic carbocycles. The minimum Gasteiger partial charge on any atom is -0.502 e. The number of nitro benzene ring substituents is 1. The van der Waals surface area contributed by atoms with Crippen LogP contribution in [0.1, 0.15) is 28.8 Å². The Labute approximate surface area is 142 Å². The Morgan fingerprint density at radius 3 is 2.64 bits per heavy atom. The number of nitro groups is 1. The first kappa shape index (κ1) is 16.3. The summed E-state index contributed by atoms with van der Waals surface area (Å²) >= 11 is 0. The predicted octanol–water partition coefficient (Wildman–Crippen LogP) is 3.00. The van der Waals surface area contributed by atoms with Gasteiger partial charge in [-0.15, -0.1) is 0 Å². The van der Waals surface area contributed by atoms with E-state index in [9.17, 15) is 20.0 Å². The number of hydrogen-bond donors (Lipinski definition) is 3. The first-order valence-electron chi connectivity index (χ1n) is 7.57. The second kappa shape index (κ2) is 6.49. The molecule has 1 amide bonds. The molecule has 1 fully saturated rings. The minimum absolute atomic E-state index is 0.0317. The number of hydrogen-bond acceptors (Lipinski definition) is 6. The molecule has 0 heterocycles. The summed E-state index contributed by atoms with van der Waals surface area (Å²) in [4.78, 5) is 22.6. The lowest BCUT2D eigenvalue weighted by molar-refractivity contribution is -0.385. The number of anilines is 2. The molecule has 0 aliphatic heterocycles. The van der Waals surface area contributed by atoms with Gasteiger partial charge in [-0.1, -0.05) is 0 Å². The Morgan fingerprint density at radius 2 is 2.00 bits per heavy atom. The van der Waals surface area contributed by atoms with E-state index in [-0.39, 0.29) is 5.56 Å². The van der Waals surface area contributed by atoms with Crippen molar-refractivity contribution in [2.24, 2.45) is 0 Å². The van der Waals surface area contributed by atoms with E-state index in [4.69, 9.17) is 5.26 Å². The Kier molecular flexibility index (Phi) is 4.22. The molecule has 1 aliphatic rings. The lowest BCUT2D eigenvalue weighted by Crippen LogP contribution is -2.14. The van der Waals surface area contributed by atoms with E-state index in [1.165, 1.54) is 12.1 Å². The van der Waals surface area contributed by atoms with Crippen LogP contribution in [-0.2, 0) is 0 Å². The van der Waals surface area contributed by atoms with Gasteiger partial charge in [0.1, 0.15) is 0 Å². The SMILES string of the molecule is N#Cc1ccc(NC2CC2)c(NC(=O)c2ccc(O)c([N+](=O)[O-])c2)c1. The van der Waals surface area contributed by atoms with Crippen LogP contribution in [0.4, 0.5) is 17.1 Å². The van der Waals surface area contributed by atoms with Gasteiger partial charge in [-0.2, -0.15) is 5.26 Å². The number of phenolic OH excluding ortho intramolecular Hbond substituents is 1. The number of rotatable bonds is 5. The normalized spacial score (nSPS) is 12.9. The van der Waals surface area contributed by atoms with Crippen molar-refractivity contribution in [3.8, 4) is 11.8 Å². The standard InChI is InChI=1S/C17H14N4O4/c18-9-10-1-5-13(19-12-3-4-12)14(7-10)20-17(23)11-2-6-16(22)15(8-11)21(24)25/h1-2,5-8,12,19,22H,3-4H2,(H,20,23). The van der Waals surface area contributed by atoms with Crippen LogP contribution in [0.25, 0.3) is 0 Å². The van der Waals surface area contributed by atoms with Gasteiger partial charge < -0.3 is 15.7 Å². The maximum atomic E-state index is 12.4. The van der Waals surface area contributed by atoms with E-state index in [1.807, 2.05) is 6.07 Å². The van der Waals surface area contributed by atoms with Crippen molar-refractivity contribution >= 4 is 23.0 Å². The summed E-state index contributed by atoms with van der Waals surface area (Å²) < 4.78 is 0. The van der Waals surface area contributed by atoms with Gasteiger partial charge in [-0.3, -0.25) is 14.9 Å². The quantitative estimate of drug-likeness (QED) is 0.568. The van der Waals surface area contributed by atoms with E-state index in [0.717, 1.165) is 25.0 Å². The highest BCUT2D eigenvalue weighted by molar-refractivity contribution is 6.06. The predicted molar refractivity (Wildman–Crippen MR) is 90.5 cm³/mol. The number of nitrogens with one attached hydrogen (secondary N) is 2. The monoisotopic (exact) mass is 338 g/mol. The van der Waals surface area contributed by atoms with Gasteiger partial charge in [-0.05, 0) is 43.2 Å². The molecule has 3 rings (SSSR count). The van der Waals surface area contributed by atoms with E-state index in [1.54, 1.807) is 12.1 Å². The third kappa shape index (κ3) is 3.67. The fourth-order valence-electron chi connectivity index (χ4n) is 2.30. The van der Waals surface area contributed by atoms with Crippen molar-refractivity contribution in [1.29, 1.82) is 5.26 Å². The molecule has 0 unspecified atom stereocenters. The number of carbonyl (C=O) groups excluding carboxylic acids is 1. The van der Waals surface area contributed by atoms with Crippen molar-refractivity contribution in [1.82, 2.24) is 0 Å². The first-order chi connectivity index (χ1) is 12.0. The molecule has 1 saturated carbocycles. The number of nitriles is 1. The van der Waals surface area contributed by atoms with Gasteiger partial charge in [0.2, 0.25) is 0 Å². The van der Waals surface area contributed by atoms with Crippen molar-refractivity contribution < 1.29 is 14.8 Å². The summed E-state index contributed by atoms with van der Waals surface area (Å²) in [5.74, 6) is -1.08. The summed E-state index contributed by atoms with van der Waals surface area (Å²) in [6, 6.07) is 10.6. The van der Waals surface area contributed by atoms with E-state index >= 15 is 0 Å². The van der Waals surface area contributed by atoms with E-state index < -0.39 is 22.3 Å². The molecule has 2 aromatic rings. The highest BCUT2D eigenvalue weighted by atomic mass is 16.6. The second-order valence-electron chi connectivity index (χ2n) is 5.71. The van der Waals surface area contributed by atoms with Gasteiger partial charge in [0.15, 0.2) is 5.75 Å². The van der Waals surface area contributed by atoms with Crippen LogP contribution in [0.2, 0.25) is 0 Å². The van der Waals surface area contributed by atoms with Gasteiger partial charge in [0, 0.05) is 17.7 Å². The number of aromatic hydroxyl groups is 1. The molecule has 0 radical (unpaired) electrons. The average Bonchev–Trinajstić information content (AvgIpc) is 3.40. The Balaban J connectivity index is 1.88. The van der Waals surface area contributed by atoms with Crippen LogP contribution in [0.3, 0.4) is 0 Å². The molecular formula is C17H14N4O4. The molecule has 0 spiro atoms. The number of nitrogens with zero attached hydrogens (tertiary/aromatic N) is 2. The topological polar surface area (TPSA) is 128 Å². The van der Waals surface area contributed by atoms with Gasteiger partial charge in [0.25, 0.3) is 5.91 Å². The average molecular weight is 338 g/mol. The van der Waals surface area contributed by atoms with Crippen LogP contribution in [0.5, 0.6) is 5.75 Å². The molecule has 8 nitrogen and oxygen atoms in total. The summed E-state index contributed by atoms with van der Waals surface area (Å²) in [6.07, 6.45) is 2.08. The fourth-order valence-corrected chi connectivity index (χ4v) is 2.30. The van der Waals surface area contributed by atoms with Crippen LogP contribution < -0.4 is 10.6 Å². The van der Waals surface area contributed by atoms with Gasteiger partial charge >= 0.3 is 5.69 Å². The Bertz CT molecular complexity index is 900. The summed E-state index contributed by atoms with van der Waals surface area (Å²) in [6.45, 7) is 0. The number of carbonyl (C=O) groups is 1. The molecule has 1 aliphatic carbocycles. The molecule has 126 valence electrons. The molecule has 3 N–H and O–H groups in total. The lowest BCUT2D eigenvalue weighted by atomic mass is 10.1. The van der Waals surface area contributed by atoms with Gasteiger partial charge in [0.05, 0.1) is 27.9 Å². The van der Waals surface area contributed by atoms with Crippen LogP contribution >= 0.6 is 0 Å². The van der Waals surface area contributed by atoms with E-state index in [2.05, 4.69) is 10.6 Å². The first-order valence-corrected chi connectivity index (χ1v) is 7.57. The number of benzene rings is 2. The molecule has 8 heteroatoms. The largest absolute Gasteiger partial charge is 0.502 e. The Morgan fingerprint density at radius 1 is 1.24 bits per heavy atom. The maximum absolute atomic E-state index is 12.4. The molecular weight excluding hydrogens is 324 g/mol. The zero-order chi connectivity index (χ0) is 18.0. The van der Waals surface area contributed by atoms with Crippen LogP contribution in [0.15, 0.2) is 36.4 Å². The third-order valence-corrected chi connectivity index (χ3v) is 3.77. The van der Waals surface area contributed by atoms with E-state index in [0.29, 0.717) is 23.0 Å². The zero-order valence-corrected chi connectivity index (χ0v) is 13.0. The lowest BCUT2D eigenvalue weighted by Gasteiger charge is -2.13. The van der Waals surface area contributed by atoms with Crippen LogP contribution in [-0.4, -0.2) is 22.0 Å². The van der Waals surface area contributed by atoms with Crippen molar-refractivity contribution in [2.45, 2.75) is 18.9 Å².